The maximum absolute atomic E-state index is 11.2. The van der Waals surface area contributed by atoms with Gasteiger partial charge in [-0.15, -0.1) is 0 Å². The Morgan fingerprint density at radius 3 is 2.74 bits per heavy atom. The summed E-state index contributed by atoms with van der Waals surface area (Å²) in [5, 5.41) is 0. The quantitative estimate of drug-likeness (QED) is 0.527. The van der Waals surface area contributed by atoms with Gasteiger partial charge in [-0.05, 0) is 26.7 Å². The fraction of sp³-hybridized carbons (Fsp3) is 0.846. The number of carbonyl (C=O) groups excluding carboxylic acids is 2. The molecule has 2 N–H and O–H groups in total. The van der Waals surface area contributed by atoms with Gasteiger partial charge in [0, 0.05) is 19.1 Å². The number of nitrogens with two attached hydrogens (primary N) is 1. The molecular weight excluding hydrogens is 248 g/mol. The average Bonchev–Trinajstić information content (AvgIpc) is 2.36. The molecule has 0 bridgehead atoms. The predicted octanol–water partition coefficient (Wildman–Crippen LogP) is 0.152. The Labute approximate surface area is 114 Å². The van der Waals surface area contributed by atoms with Crippen molar-refractivity contribution in [2.45, 2.75) is 32.7 Å². The van der Waals surface area contributed by atoms with Crippen LogP contribution in [0.2, 0.25) is 0 Å². The van der Waals surface area contributed by atoms with Crippen LogP contribution >= 0.6 is 0 Å². The van der Waals surface area contributed by atoms with Gasteiger partial charge in [0.05, 0.1) is 19.1 Å². The smallest absolute Gasteiger partial charge is 0.332 e. The molecule has 19 heavy (non-hydrogen) atoms. The topological polar surface area (TPSA) is 81.9 Å². The van der Waals surface area contributed by atoms with Gasteiger partial charge in [0.25, 0.3) is 0 Å². The highest BCUT2D eigenvalue weighted by atomic mass is 16.6. The van der Waals surface area contributed by atoms with Crippen molar-refractivity contribution >= 4 is 11.9 Å². The molecule has 6 heteroatoms. The second-order valence-electron chi connectivity index (χ2n) is 4.88. The van der Waals surface area contributed by atoms with Gasteiger partial charge in [-0.1, -0.05) is 0 Å². The number of rotatable bonds is 7. The van der Waals surface area contributed by atoms with Crippen LogP contribution in [0.25, 0.3) is 0 Å². The summed E-state index contributed by atoms with van der Waals surface area (Å²) >= 11 is 0. The first kappa shape index (κ1) is 15.9. The third-order valence-corrected chi connectivity index (χ3v) is 3.46. The highest BCUT2D eigenvalue weighted by Gasteiger charge is 2.28. The summed E-state index contributed by atoms with van der Waals surface area (Å²) in [6, 6.07) is 0.418. The second-order valence-corrected chi connectivity index (χ2v) is 4.88. The van der Waals surface area contributed by atoms with Crippen molar-refractivity contribution in [3.8, 4) is 0 Å². The molecule has 0 aromatic carbocycles. The molecule has 2 unspecified atom stereocenters. The first-order chi connectivity index (χ1) is 9.04. The molecule has 0 aliphatic carbocycles. The molecule has 1 aliphatic rings. The maximum atomic E-state index is 11.2. The highest BCUT2D eigenvalue weighted by Crippen LogP contribution is 2.21. The first-order valence-corrected chi connectivity index (χ1v) is 6.81. The molecule has 0 spiro atoms. The van der Waals surface area contributed by atoms with Gasteiger partial charge in [-0.25, -0.2) is 4.79 Å². The first-order valence-electron chi connectivity index (χ1n) is 6.81. The van der Waals surface area contributed by atoms with Crippen molar-refractivity contribution in [2.24, 2.45) is 11.7 Å². The van der Waals surface area contributed by atoms with Crippen molar-refractivity contribution < 1.29 is 19.1 Å². The van der Waals surface area contributed by atoms with Crippen LogP contribution in [0.3, 0.4) is 0 Å². The van der Waals surface area contributed by atoms with Gasteiger partial charge in [0.2, 0.25) is 5.91 Å². The molecule has 1 aliphatic heterocycles. The monoisotopic (exact) mass is 272 g/mol. The Balaban J connectivity index is 2.23. The van der Waals surface area contributed by atoms with Gasteiger partial charge in [-0.3, -0.25) is 9.69 Å². The van der Waals surface area contributed by atoms with Crippen molar-refractivity contribution in [1.29, 1.82) is 0 Å². The molecule has 1 amide bonds. The number of ether oxygens (including phenoxy) is 2. The lowest BCUT2D eigenvalue weighted by atomic mass is 9.93. The van der Waals surface area contributed by atoms with E-state index in [-0.39, 0.29) is 24.4 Å². The van der Waals surface area contributed by atoms with E-state index in [1.54, 1.807) is 6.92 Å². The minimum absolute atomic E-state index is 0.0185. The third-order valence-electron chi connectivity index (χ3n) is 3.46. The number of primary amides is 1. The summed E-state index contributed by atoms with van der Waals surface area (Å²) in [4.78, 5) is 24.5. The van der Waals surface area contributed by atoms with Crippen LogP contribution < -0.4 is 5.73 Å². The third kappa shape index (κ3) is 5.57. The Kier molecular flexibility index (Phi) is 6.80. The zero-order valence-corrected chi connectivity index (χ0v) is 11.8. The van der Waals surface area contributed by atoms with Crippen LogP contribution in [0.5, 0.6) is 0 Å². The molecule has 1 fully saturated rings. The van der Waals surface area contributed by atoms with E-state index in [1.807, 2.05) is 0 Å². The molecular formula is C13H24N2O4. The normalized spacial score (nSPS) is 24.1. The minimum Gasteiger partial charge on any atom is -0.464 e. The van der Waals surface area contributed by atoms with E-state index in [4.69, 9.17) is 15.2 Å². The second kappa shape index (κ2) is 8.12. The number of nitrogens with zero attached hydrogens (tertiary/aromatic N) is 1. The zero-order valence-electron chi connectivity index (χ0n) is 11.8. The van der Waals surface area contributed by atoms with Crippen LogP contribution in [0.15, 0.2) is 0 Å². The van der Waals surface area contributed by atoms with E-state index in [0.29, 0.717) is 32.3 Å². The van der Waals surface area contributed by atoms with Crippen molar-refractivity contribution in [3.63, 3.8) is 0 Å². The van der Waals surface area contributed by atoms with Gasteiger partial charge < -0.3 is 15.2 Å². The predicted molar refractivity (Wildman–Crippen MR) is 70.4 cm³/mol. The SMILES string of the molecule is CCOC(=O)COCCN1CC(C(N)=O)CCC1C. The molecule has 1 heterocycles. The van der Waals surface area contributed by atoms with Gasteiger partial charge in [0.15, 0.2) is 0 Å². The summed E-state index contributed by atoms with van der Waals surface area (Å²) in [5.41, 5.74) is 5.34. The van der Waals surface area contributed by atoms with E-state index in [1.165, 1.54) is 0 Å². The number of amides is 1. The summed E-state index contributed by atoms with van der Waals surface area (Å²) in [7, 11) is 0. The van der Waals surface area contributed by atoms with E-state index in [2.05, 4.69) is 11.8 Å². The van der Waals surface area contributed by atoms with Crippen molar-refractivity contribution in [2.75, 3.05) is 32.9 Å². The lowest BCUT2D eigenvalue weighted by Crippen LogP contribution is -2.47. The molecule has 2 atom stereocenters. The summed E-state index contributed by atoms with van der Waals surface area (Å²) in [6.07, 6.45) is 1.82. The van der Waals surface area contributed by atoms with Gasteiger partial charge >= 0.3 is 5.97 Å². The standard InChI is InChI=1S/C13H24N2O4/c1-3-19-12(16)9-18-7-6-15-8-11(13(14)17)5-4-10(15)2/h10-11H,3-9H2,1-2H3,(H2,14,17). The maximum Gasteiger partial charge on any atom is 0.332 e. The van der Waals surface area contributed by atoms with E-state index < -0.39 is 0 Å². The molecule has 1 rings (SSSR count). The number of carbonyl (C=O) groups is 2. The van der Waals surface area contributed by atoms with Crippen LogP contribution in [-0.2, 0) is 19.1 Å². The molecule has 6 nitrogen and oxygen atoms in total. The van der Waals surface area contributed by atoms with Crippen LogP contribution in [-0.4, -0.2) is 55.7 Å². The number of esters is 1. The summed E-state index contributed by atoms with van der Waals surface area (Å²) in [5.74, 6) is -0.644. The minimum atomic E-state index is -0.343. The highest BCUT2D eigenvalue weighted by molar-refractivity contribution is 5.77. The van der Waals surface area contributed by atoms with Crippen LogP contribution in [0.4, 0.5) is 0 Å². The van der Waals surface area contributed by atoms with Gasteiger partial charge in [0.1, 0.15) is 6.61 Å². The number of hydrogen-bond donors (Lipinski definition) is 1. The fourth-order valence-corrected chi connectivity index (χ4v) is 2.26. The fourth-order valence-electron chi connectivity index (χ4n) is 2.26. The zero-order chi connectivity index (χ0) is 14.3. The molecule has 1 saturated heterocycles. The number of likely N-dealkylation sites (tertiary alicyclic amines) is 1. The molecule has 0 aromatic heterocycles. The van der Waals surface area contributed by atoms with Crippen LogP contribution in [0, 0.1) is 5.92 Å². The van der Waals surface area contributed by atoms with E-state index in [0.717, 1.165) is 12.8 Å². The van der Waals surface area contributed by atoms with Gasteiger partial charge in [-0.2, -0.15) is 0 Å². The molecule has 0 radical (unpaired) electrons. The molecule has 0 aromatic rings. The summed E-state index contributed by atoms with van der Waals surface area (Å²) in [6.45, 7) is 6.07. The largest absolute Gasteiger partial charge is 0.464 e. The average molecular weight is 272 g/mol. The molecule has 110 valence electrons. The Morgan fingerprint density at radius 2 is 2.11 bits per heavy atom. The van der Waals surface area contributed by atoms with Crippen LogP contribution in [0.1, 0.15) is 26.7 Å². The van der Waals surface area contributed by atoms with Crippen molar-refractivity contribution in [1.82, 2.24) is 4.90 Å². The number of piperidine rings is 1. The molecule has 0 saturated carbocycles. The van der Waals surface area contributed by atoms with E-state index >= 15 is 0 Å². The number of hydrogen-bond acceptors (Lipinski definition) is 5. The van der Waals surface area contributed by atoms with E-state index in [9.17, 15) is 9.59 Å². The Bertz CT molecular complexity index is 309. The summed E-state index contributed by atoms with van der Waals surface area (Å²) < 4.78 is 10.0. The lowest BCUT2D eigenvalue weighted by Gasteiger charge is -2.36. The lowest BCUT2D eigenvalue weighted by molar-refractivity contribution is -0.148. The van der Waals surface area contributed by atoms with Crippen molar-refractivity contribution in [3.05, 3.63) is 0 Å². The Morgan fingerprint density at radius 1 is 1.37 bits per heavy atom. The Hall–Kier alpha value is -1.14.